The molecule has 0 atom stereocenters. The third kappa shape index (κ3) is 3.86. The fourth-order valence-corrected chi connectivity index (χ4v) is 2.60. The number of pyridine rings is 1. The molecule has 0 aliphatic heterocycles. The largest absolute Gasteiger partial charge is 0.354 e. The molecule has 0 spiro atoms. The fourth-order valence-electron chi connectivity index (χ4n) is 2.15. The summed E-state index contributed by atoms with van der Waals surface area (Å²) in [4.78, 5) is 13.0. The number of halogens is 2. The Morgan fingerprint density at radius 3 is 2.58 bits per heavy atom. The van der Waals surface area contributed by atoms with E-state index in [0.717, 1.165) is 16.9 Å². The van der Waals surface area contributed by atoms with Gasteiger partial charge in [-0.05, 0) is 53.2 Å². The Balaban J connectivity index is 1.99. The maximum absolute atomic E-state index is 13.2. The smallest absolute Gasteiger partial charge is 0.225 e. The van der Waals surface area contributed by atoms with E-state index in [0.29, 0.717) is 22.8 Å². The second kappa shape index (κ2) is 7.35. The minimum absolute atomic E-state index is 0.305. The predicted octanol–water partition coefficient (Wildman–Crippen LogP) is 4.62. The quantitative estimate of drug-likeness (QED) is 0.668. The Morgan fingerprint density at radius 1 is 1.08 bits per heavy atom. The van der Waals surface area contributed by atoms with Gasteiger partial charge in [-0.25, -0.2) is 9.37 Å². The summed E-state index contributed by atoms with van der Waals surface area (Å²) in [7, 11) is 0. The number of anilines is 3. The van der Waals surface area contributed by atoms with Crippen LogP contribution in [0.5, 0.6) is 0 Å². The Bertz CT molecular complexity index is 842. The average Bonchev–Trinajstić information content (AvgIpc) is 2.58. The molecule has 0 saturated carbocycles. The van der Waals surface area contributed by atoms with Crippen LogP contribution in [0, 0.1) is 5.82 Å². The number of benzene rings is 1. The highest BCUT2D eigenvalue weighted by Gasteiger charge is 2.08. The zero-order chi connectivity index (χ0) is 16.9. The van der Waals surface area contributed by atoms with Crippen molar-refractivity contribution in [3.8, 4) is 11.3 Å². The first-order valence-corrected chi connectivity index (χ1v) is 8.20. The van der Waals surface area contributed by atoms with Crippen LogP contribution in [-0.2, 0) is 0 Å². The molecule has 0 saturated heterocycles. The molecule has 122 valence electrons. The van der Waals surface area contributed by atoms with Gasteiger partial charge in [-0.15, -0.1) is 0 Å². The Morgan fingerprint density at radius 2 is 1.88 bits per heavy atom. The van der Waals surface area contributed by atoms with Gasteiger partial charge < -0.3 is 10.6 Å². The van der Waals surface area contributed by atoms with Gasteiger partial charge >= 0.3 is 0 Å². The van der Waals surface area contributed by atoms with Crippen LogP contribution in [0.2, 0.25) is 0 Å². The van der Waals surface area contributed by atoms with Crippen LogP contribution < -0.4 is 10.6 Å². The lowest BCUT2D eigenvalue weighted by molar-refractivity contribution is 0.627. The molecule has 24 heavy (non-hydrogen) atoms. The van der Waals surface area contributed by atoms with E-state index in [2.05, 4.69) is 41.5 Å². The molecule has 3 rings (SSSR count). The Labute approximate surface area is 147 Å². The summed E-state index contributed by atoms with van der Waals surface area (Å²) in [6.45, 7) is 2.69. The van der Waals surface area contributed by atoms with Gasteiger partial charge in [0.15, 0.2) is 0 Å². The molecule has 0 radical (unpaired) electrons. The molecule has 7 heteroatoms. The molecule has 0 fully saturated rings. The van der Waals surface area contributed by atoms with E-state index >= 15 is 0 Å². The van der Waals surface area contributed by atoms with Crippen molar-refractivity contribution in [1.29, 1.82) is 0 Å². The van der Waals surface area contributed by atoms with Crippen molar-refractivity contribution in [2.24, 2.45) is 0 Å². The fraction of sp³-hybridized carbons (Fsp3) is 0.118. The molecule has 5 nitrogen and oxygen atoms in total. The molecule has 0 amide bonds. The average molecular weight is 388 g/mol. The molecular formula is C17H15BrFN5. The minimum atomic E-state index is -0.305. The number of hydrogen-bond donors (Lipinski definition) is 2. The normalized spacial score (nSPS) is 10.5. The van der Waals surface area contributed by atoms with Crippen molar-refractivity contribution in [3.05, 3.63) is 59.1 Å². The van der Waals surface area contributed by atoms with Gasteiger partial charge in [0.2, 0.25) is 5.95 Å². The van der Waals surface area contributed by atoms with E-state index in [1.54, 1.807) is 18.5 Å². The predicted molar refractivity (Wildman–Crippen MR) is 96.8 cm³/mol. The highest BCUT2D eigenvalue weighted by molar-refractivity contribution is 9.10. The van der Waals surface area contributed by atoms with E-state index in [4.69, 9.17) is 0 Å². The molecule has 2 aromatic heterocycles. The number of rotatable bonds is 5. The van der Waals surface area contributed by atoms with E-state index in [1.165, 1.54) is 12.1 Å². The maximum Gasteiger partial charge on any atom is 0.225 e. The van der Waals surface area contributed by atoms with Crippen molar-refractivity contribution >= 4 is 33.4 Å². The summed E-state index contributed by atoms with van der Waals surface area (Å²) in [5.74, 6) is 0.827. The number of nitrogens with zero attached hydrogens (tertiary/aromatic N) is 3. The van der Waals surface area contributed by atoms with Gasteiger partial charge in [-0.2, -0.15) is 4.98 Å². The zero-order valence-corrected chi connectivity index (χ0v) is 14.5. The summed E-state index contributed by atoms with van der Waals surface area (Å²) < 4.78 is 13.9. The van der Waals surface area contributed by atoms with Gasteiger partial charge in [-0.1, -0.05) is 0 Å². The Hall–Kier alpha value is -2.54. The molecule has 1 aromatic carbocycles. The SMILES string of the molecule is CCNc1nc(Nc2ccc(F)cc2Br)cc(-c2ccncc2)n1. The van der Waals surface area contributed by atoms with Crippen molar-refractivity contribution in [2.75, 3.05) is 17.2 Å². The van der Waals surface area contributed by atoms with E-state index in [1.807, 2.05) is 25.1 Å². The molecule has 3 aromatic rings. The first-order chi connectivity index (χ1) is 11.7. The summed E-state index contributed by atoms with van der Waals surface area (Å²) in [5, 5.41) is 6.31. The third-order valence-corrected chi connectivity index (χ3v) is 3.89. The van der Waals surface area contributed by atoms with Gasteiger partial charge in [0.25, 0.3) is 0 Å². The van der Waals surface area contributed by atoms with Crippen LogP contribution in [0.15, 0.2) is 53.3 Å². The van der Waals surface area contributed by atoms with Crippen LogP contribution >= 0.6 is 15.9 Å². The summed E-state index contributed by atoms with van der Waals surface area (Å²) in [5.41, 5.74) is 2.43. The van der Waals surface area contributed by atoms with Gasteiger partial charge in [-0.3, -0.25) is 4.98 Å². The first-order valence-electron chi connectivity index (χ1n) is 7.41. The number of aromatic nitrogens is 3. The molecule has 0 aliphatic rings. The minimum Gasteiger partial charge on any atom is -0.354 e. The standard InChI is InChI=1S/C17H15BrFN5/c1-2-21-17-23-15(11-5-7-20-8-6-11)10-16(24-17)22-14-4-3-12(19)9-13(14)18/h3-10H,2H2,1H3,(H2,21,22,23,24). The van der Waals surface area contributed by atoms with Crippen LogP contribution in [0.25, 0.3) is 11.3 Å². The number of nitrogens with one attached hydrogen (secondary N) is 2. The summed E-state index contributed by atoms with van der Waals surface area (Å²) >= 11 is 3.35. The highest BCUT2D eigenvalue weighted by atomic mass is 79.9. The first kappa shape index (κ1) is 16.3. The van der Waals surface area contributed by atoms with Crippen molar-refractivity contribution in [1.82, 2.24) is 15.0 Å². The van der Waals surface area contributed by atoms with E-state index in [-0.39, 0.29) is 5.82 Å². The monoisotopic (exact) mass is 387 g/mol. The van der Waals surface area contributed by atoms with Crippen molar-refractivity contribution in [2.45, 2.75) is 6.92 Å². The van der Waals surface area contributed by atoms with Crippen LogP contribution in [0.3, 0.4) is 0 Å². The topological polar surface area (TPSA) is 62.7 Å². The van der Waals surface area contributed by atoms with Crippen molar-refractivity contribution < 1.29 is 4.39 Å². The molecule has 0 bridgehead atoms. The molecule has 2 heterocycles. The van der Waals surface area contributed by atoms with Crippen molar-refractivity contribution in [3.63, 3.8) is 0 Å². The summed E-state index contributed by atoms with van der Waals surface area (Å²) in [6, 6.07) is 10.1. The lowest BCUT2D eigenvalue weighted by atomic mass is 10.2. The lowest BCUT2D eigenvalue weighted by Gasteiger charge is -2.12. The van der Waals surface area contributed by atoms with Gasteiger partial charge in [0.05, 0.1) is 11.4 Å². The van der Waals surface area contributed by atoms with Crippen LogP contribution in [-0.4, -0.2) is 21.5 Å². The van der Waals surface area contributed by atoms with E-state index in [9.17, 15) is 4.39 Å². The molecule has 0 aliphatic carbocycles. The van der Waals surface area contributed by atoms with E-state index < -0.39 is 0 Å². The van der Waals surface area contributed by atoms with Crippen LogP contribution in [0.1, 0.15) is 6.92 Å². The molecular weight excluding hydrogens is 373 g/mol. The second-order valence-corrected chi connectivity index (χ2v) is 5.83. The highest BCUT2D eigenvalue weighted by Crippen LogP contribution is 2.28. The molecule has 2 N–H and O–H groups in total. The second-order valence-electron chi connectivity index (χ2n) is 4.98. The Kier molecular flexibility index (Phi) is 5.00. The maximum atomic E-state index is 13.2. The number of hydrogen-bond acceptors (Lipinski definition) is 5. The lowest BCUT2D eigenvalue weighted by Crippen LogP contribution is -2.05. The van der Waals surface area contributed by atoms with Crippen LogP contribution in [0.4, 0.5) is 21.8 Å². The third-order valence-electron chi connectivity index (χ3n) is 3.23. The zero-order valence-electron chi connectivity index (χ0n) is 12.9. The van der Waals surface area contributed by atoms with Gasteiger partial charge in [0, 0.05) is 35.0 Å². The van der Waals surface area contributed by atoms with Gasteiger partial charge in [0.1, 0.15) is 11.6 Å². The molecule has 0 unspecified atom stereocenters. The summed E-state index contributed by atoms with van der Waals surface area (Å²) in [6.07, 6.45) is 3.43.